The average Bonchev–Trinajstić information content (AvgIpc) is 3.75. The third-order valence-corrected chi connectivity index (χ3v) is 7.34. The lowest BCUT2D eigenvalue weighted by molar-refractivity contribution is -0.125. The number of aromatic nitrogens is 4. The third kappa shape index (κ3) is 18.4. The zero-order valence-electron chi connectivity index (χ0n) is 30.0. The molecule has 1 atom stereocenters. The van der Waals surface area contributed by atoms with Gasteiger partial charge >= 0.3 is 0 Å². The molecular formula is C34H62N10O4. The van der Waals surface area contributed by atoms with Gasteiger partial charge in [0.1, 0.15) is 11.8 Å². The highest BCUT2D eigenvalue weighted by atomic mass is 16.5. The summed E-state index contributed by atoms with van der Waals surface area (Å²) >= 11 is 0. The monoisotopic (exact) mass is 674 g/mol. The molecule has 14 nitrogen and oxygen atoms in total. The van der Waals surface area contributed by atoms with Crippen LogP contribution in [0.15, 0.2) is 35.1 Å². The Morgan fingerprint density at radius 2 is 1.77 bits per heavy atom. The highest BCUT2D eigenvalue weighted by molar-refractivity contribution is 5.85. The van der Waals surface area contributed by atoms with E-state index in [0.717, 1.165) is 24.9 Å². The number of hydrogen-bond acceptors (Lipinski definition) is 11. The van der Waals surface area contributed by atoms with Crippen LogP contribution < -0.4 is 33.6 Å². The Morgan fingerprint density at radius 1 is 1.08 bits per heavy atom. The Kier molecular flexibility index (Phi) is 24.7. The summed E-state index contributed by atoms with van der Waals surface area (Å²) in [7, 11) is 1.50. The third-order valence-electron chi connectivity index (χ3n) is 7.34. The number of amides is 2. The predicted molar refractivity (Wildman–Crippen MR) is 192 cm³/mol. The van der Waals surface area contributed by atoms with Gasteiger partial charge in [-0.15, -0.1) is 0 Å². The largest absolute Gasteiger partial charge is 0.508 e. The van der Waals surface area contributed by atoms with E-state index in [1.54, 1.807) is 18.3 Å². The van der Waals surface area contributed by atoms with E-state index in [-0.39, 0.29) is 24.9 Å². The van der Waals surface area contributed by atoms with Crippen molar-refractivity contribution in [2.75, 3.05) is 32.4 Å². The van der Waals surface area contributed by atoms with Crippen LogP contribution in [0, 0.1) is 19.8 Å². The maximum atomic E-state index is 12.0. The Labute approximate surface area is 286 Å². The van der Waals surface area contributed by atoms with E-state index in [0.29, 0.717) is 48.7 Å². The molecule has 0 aliphatic heterocycles. The maximum Gasteiger partial charge on any atom is 0.249 e. The van der Waals surface area contributed by atoms with Crippen molar-refractivity contribution in [1.82, 2.24) is 30.3 Å². The first-order valence-corrected chi connectivity index (χ1v) is 17.1. The molecule has 0 saturated heterocycles. The van der Waals surface area contributed by atoms with Gasteiger partial charge in [-0.25, -0.2) is 4.98 Å². The van der Waals surface area contributed by atoms with Crippen LogP contribution in [0.1, 0.15) is 101 Å². The van der Waals surface area contributed by atoms with Gasteiger partial charge in [0, 0.05) is 25.4 Å². The molecule has 48 heavy (non-hydrogen) atoms. The number of aryl methyl sites for hydroxylation is 3. The first-order valence-electron chi connectivity index (χ1n) is 17.1. The van der Waals surface area contributed by atoms with Gasteiger partial charge in [-0.05, 0) is 75.9 Å². The first-order chi connectivity index (χ1) is 23.2. The number of carbonyl (C=O) groups excluding carboxylic acids is 2. The number of rotatable bonds is 12. The molecule has 2 amide bonds. The molecule has 0 bridgehead atoms. The Bertz CT molecular complexity index is 1260. The fraction of sp³-hybridized carbons (Fsp3) is 0.618. The van der Waals surface area contributed by atoms with Crippen molar-refractivity contribution in [2.24, 2.45) is 23.1 Å². The van der Waals surface area contributed by atoms with Crippen LogP contribution in [0.5, 0.6) is 5.75 Å². The lowest BCUT2D eigenvalue weighted by Crippen LogP contribution is -2.40. The number of nitrogens with zero attached hydrogens (tertiary/aromatic N) is 4. The molecule has 1 aliphatic carbocycles. The second-order valence-electron chi connectivity index (χ2n) is 11.0. The number of anilines is 1. The standard InChI is InChI=1S/C17H30N6O3.C8H10O.C6H11N3.C2H6.CH5N/c18-8-4-7-13(21-16(25)11-20-15(24)10-19)17-22-14(23-26-17)9-12-5-2-1-3-6-12;1-6-3-4-8(9)5-7(6)2;1-2-4-9-5-3-8-6(9)7;2*1-2/h12-13H,1-11,18-19H2,(H,20,24)(H,21,25);3-5,9H,1-2H3;3,5H,2,4H2,1H3,(H2,7,8);1-2H3;2H2,1H3. The molecule has 1 aromatic carbocycles. The van der Waals surface area contributed by atoms with Gasteiger partial charge in [-0.3, -0.25) is 9.59 Å². The van der Waals surface area contributed by atoms with Crippen LogP contribution >= 0.6 is 0 Å². The Morgan fingerprint density at radius 3 is 2.31 bits per heavy atom. The van der Waals surface area contributed by atoms with Gasteiger partial charge in [-0.1, -0.05) is 64.1 Å². The summed E-state index contributed by atoms with van der Waals surface area (Å²) in [5, 5.41) is 18.3. The van der Waals surface area contributed by atoms with Gasteiger partial charge in [0.2, 0.25) is 17.7 Å². The number of nitrogen functional groups attached to an aromatic ring is 1. The van der Waals surface area contributed by atoms with Crippen LogP contribution in [0.4, 0.5) is 5.95 Å². The van der Waals surface area contributed by atoms with E-state index in [4.69, 9.17) is 26.8 Å². The van der Waals surface area contributed by atoms with E-state index in [1.165, 1.54) is 44.7 Å². The summed E-state index contributed by atoms with van der Waals surface area (Å²) in [6, 6.07) is 4.95. The number of nitrogens with one attached hydrogen (secondary N) is 2. The van der Waals surface area contributed by atoms with Crippen molar-refractivity contribution in [3.63, 3.8) is 0 Å². The second-order valence-corrected chi connectivity index (χ2v) is 11.0. The molecule has 11 N–H and O–H groups in total. The predicted octanol–water partition coefficient (Wildman–Crippen LogP) is 3.65. The molecule has 1 aliphatic rings. The van der Waals surface area contributed by atoms with Gasteiger partial charge < -0.3 is 47.8 Å². The molecule has 3 aromatic rings. The number of imidazole rings is 1. The number of hydrogen-bond donors (Lipinski definition) is 7. The Balaban J connectivity index is 0.000000814. The van der Waals surface area contributed by atoms with Crippen molar-refractivity contribution in [3.05, 3.63) is 53.4 Å². The van der Waals surface area contributed by atoms with Crippen molar-refractivity contribution in [2.45, 2.75) is 105 Å². The van der Waals surface area contributed by atoms with Crippen LogP contribution in [-0.4, -0.2) is 63.3 Å². The van der Waals surface area contributed by atoms with E-state index >= 15 is 0 Å². The van der Waals surface area contributed by atoms with Crippen molar-refractivity contribution in [3.8, 4) is 5.75 Å². The number of phenolic OH excluding ortho intramolecular Hbond substituents is 1. The number of aromatic hydroxyl groups is 1. The van der Waals surface area contributed by atoms with Gasteiger partial charge in [0.25, 0.3) is 0 Å². The summed E-state index contributed by atoms with van der Waals surface area (Å²) in [5.74, 6) is 1.93. The zero-order valence-corrected chi connectivity index (χ0v) is 30.0. The fourth-order valence-electron chi connectivity index (χ4n) is 4.71. The quantitative estimate of drug-likeness (QED) is 0.146. The van der Waals surface area contributed by atoms with Crippen molar-refractivity contribution >= 4 is 17.8 Å². The van der Waals surface area contributed by atoms with Crippen LogP contribution in [0.2, 0.25) is 0 Å². The molecule has 1 unspecified atom stereocenters. The molecule has 272 valence electrons. The molecule has 0 spiro atoms. The minimum Gasteiger partial charge on any atom is -0.508 e. The topological polar surface area (TPSA) is 239 Å². The van der Waals surface area contributed by atoms with Crippen LogP contribution in [0.3, 0.4) is 0 Å². The summed E-state index contributed by atoms with van der Waals surface area (Å²) < 4.78 is 7.32. The molecule has 2 aromatic heterocycles. The van der Waals surface area contributed by atoms with Crippen molar-refractivity contribution < 1.29 is 19.2 Å². The molecular weight excluding hydrogens is 612 g/mol. The highest BCUT2D eigenvalue weighted by Gasteiger charge is 2.23. The number of phenols is 1. The first kappa shape index (κ1) is 44.0. The van der Waals surface area contributed by atoms with E-state index in [2.05, 4.69) is 38.4 Å². The maximum absolute atomic E-state index is 12.0. The van der Waals surface area contributed by atoms with Gasteiger partial charge in [0.15, 0.2) is 11.8 Å². The lowest BCUT2D eigenvalue weighted by Gasteiger charge is -2.19. The summed E-state index contributed by atoms with van der Waals surface area (Å²) in [6.07, 6.45) is 13.1. The van der Waals surface area contributed by atoms with E-state index in [9.17, 15) is 9.59 Å². The minimum atomic E-state index is -0.409. The molecule has 1 fully saturated rings. The number of benzene rings is 1. The minimum absolute atomic E-state index is 0.141. The average molecular weight is 675 g/mol. The fourth-order valence-corrected chi connectivity index (χ4v) is 4.71. The zero-order chi connectivity index (χ0) is 36.3. The summed E-state index contributed by atoms with van der Waals surface area (Å²) in [6.45, 7) is 11.3. The summed E-state index contributed by atoms with van der Waals surface area (Å²) in [5.41, 5.74) is 23.1. The van der Waals surface area contributed by atoms with Crippen molar-refractivity contribution in [1.29, 1.82) is 0 Å². The van der Waals surface area contributed by atoms with E-state index in [1.807, 2.05) is 44.5 Å². The summed E-state index contributed by atoms with van der Waals surface area (Å²) in [4.78, 5) is 31.6. The van der Waals surface area contributed by atoms with Crippen LogP contribution in [0.25, 0.3) is 0 Å². The lowest BCUT2D eigenvalue weighted by atomic mass is 9.87. The second kappa shape index (κ2) is 27.0. The van der Waals surface area contributed by atoms with E-state index < -0.39 is 6.04 Å². The normalized spacial score (nSPS) is 12.7. The Hall–Kier alpha value is -4.01. The SMILES string of the molecule is CC.CCCn1ccnc1N.CN.Cc1ccc(O)cc1C.NCCCC(NC(=O)CNC(=O)CN)c1nc(CC2CCCCC2)no1. The molecule has 4 rings (SSSR count). The number of nitrogens with two attached hydrogens (primary N) is 4. The highest BCUT2D eigenvalue weighted by Crippen LogP contribution is 2.26. The van der Waals surface area contributed by atoms with Crippen LogP contribution in [-0.2, 0) is 22.6 Å². The molecule has 1 saturated carbocycles. The molecule has 0 radical (unpaired) electrons. The molecule has 14 heteroatoms. The smallest absolute Gasteiger partial charge is 0.249 e. The number of carbonyl (C=O) groups is 2. The van der Waals surface area contributed by atoms with Gasteiger partial charge in [-0.2, -0.15) is 4.98 Å². The molecule has 2 heterocycles. The van der Waals surface area contributed by atoms with Gasteiger partial charge in [0.05, 0.1) is 13.1 Å².